The number of amides is 1. The third-order valence-electron chi connectivity index (χ3n) is 3.65. The molecule has 1 amide bonds. The minimum absolute atomic E-state index is 0.225. The Morgan fingerprint density at radius 1 is 1.36 bits per heavy atom. The highest BCUT2D eigenvalue weighted by Crippen LogP contribution is 2.28. The van der Waals surface area contributed by atoms with Crippen LogP contribution in [0.2, 0.25) is 5.02 Å². The number of halogens is 1. The lowest BCUT2D eigenvalue weighted by atomic mass is 10.2. The summed E-state index contributed by atoms with van der Waals surface area (Å²) in [5.74, 6) is 0.115. The van der Waals surface area contributed by atoms with Gasteiger partial charge in [-0.1, -0.05) is 16.8 Å². The van der Waals surface area contributed by atoms with E-state index < -0.39 is 5.91 Å². The van der Waals surface area contributed by atoms with Gasteiger partial charge in [-0.2, -0.15) is 8.75 Å². The second kappa shape index (κ2) is 7.16. The zero-order valence-electron chi connectivity index (χ0n) is 13.8. The van der Waals surface area contributed by atoms with Crippen LogP contribution >= 0.6 is 23.3 Å². The van der Waals surface area contributed by atoms with Crippen molar-refractivity contribution in [3.63, 3.8) is 0 Å². The molecule has 10 heteroatoms. The van der Waals surface area contributed by atoms with Crippen molar-refractivity contribution in [2.45, 2.75) is 20.4 Å². The maximum Gasteiger partial charge on any atom is 0.278 e. The van der Waals surface area contributed by atoms with Gasteiger partial charge in [0.05, 0.1) is 48.2 Å². The number of aryl methyl sites for hydroxylation is 1. The Morgan fingerprint density at radius 2 is 2.16 bits per heavy atom. The van der Waals surface area contributed by atoms with Crippen molar-refractivity contribution in [3.8, 4) is 5.75 Å². The molecular weight excluding hydrogens is 364 g/mol. The van der Waals surface area contributed by atoms with Gasteiger partial charge in [0.1, 0.15) is 5.75 Å². The van der Waals surface area contributed by atoms with Crippen molar-refractivity contribution in [1.82, 2.24) is 23.7 Å². The second-order valence-corrected chi connectivity index (χ2v) is 6.24. The molecule has 8 nitrogen and oxygen atoms in total. The summed E-state index contributed by atoms with van der Waals surface area (Å²) < 4.78 is 15.2. The standard InChI is InChI=1S/C15H15ClN6O2S/c1-8-12(20-25-19-8)7-22-9(2)14(18-21-22)15(23)17-11-6-10(16)4-5-13(11)24-3/h4-6H,7H2,1-3H3,(H,17,23). The molecule has 0 fully saturated rings. The predicted molar refractivity (Wildman–Crippen MR) is 94.5 cm³/mol. The summed E-state index contributed by atoms with van der Waals surface area (Å²) in [5.41, 5.74) is 2.97. The lowest BCUT2D eigenvalue weighted by molar-refractivity contribution is 0.102. The number of methoxy groups -OCH3 is 1. The smallest absolute Gasteiger partial charge is 0.278 e. The molecule has 0 aliphatic carbocycles. The molecular formula is C15H15ClN6O2S. The van der Waals surface area contributed by atoms with Gasteiger partial charge in [-0.25, -0.2) is 4.68 Å². The molecule has 3 rings (SSSR count). The molecule has 130 valence electrons. The van der Waals surface area contributed by atoms with Crippen molar-refractivity contribution >= 4 is 34.9 Å². The second-order valence-electron chi connectivity index (χ2n) is 5.28. The van der Waals surface area contributed by atoms with E-state index in [4.69, 9.17) is 16.3 Å². The summed E-state index contributed by atoms with van der Waals surface area (Å²) in [7, 11) is 1.52. The first-order chi connectivity index (χ1) is 12.0. The number of nitrogens with zero attached hydrogens (tertiary/aromatic N) is 5. The molecule has 0 atom stereocenters. The Hall–Kier alpha value is -2.52. The van der Waals surface area contributed by atoms with E-state index in [2.05, 4.69) is 24.4 Å². The SMILES string of the molecule is COc1ccc(Cl)cc1NC(=O)c1nnn(Cc2nsnc2C)c1C. The fourth-order valence-electron chi connectivity index (χ4n) is 2.21. The van der Waals surface area contributed by atoms with Crippen LogP contribution in [-0.4, -0.2) is 36.8 Å². The first-order valence-electron chi connectivity index (χ1n) is 7.32. The van der Waals surface area contributed by atoms with Gasteiger partial charge < -0.3 is 10.1 Å². The Bertz CT molecular complexity index is 923. The van der Waals surface area contributed by atoms with E-state index in [-0.39, 0.29) is 5.69 Å². The lowest BCUT2D eigenvalue weighted by Gasteiger charge is -2.10. The monoisotopic (exact) mass is 378 g/mol. The van der Waals surface area contributed by atoms with Crippen LogP contribution in [-0.2, 0) is 6.54 Å². The molecule has 2 heterocycles. The molecule has 2 aromatic heterocycles. The van der Waals surface area contributed by atoms with Gasteiger partial charge in [-0.05, 0) is 32.0 Å². The maximum atomic E-state index is 12.5. The number of hydrogen-bond donors (Lipinski definition) is 1. The Balaban J connectivity index is 1.82. The van der Waals surface area contributed by atoms with Crippen LogP contribution in [0.5, 0.6) is 5.75 Å². The quantitative estimate of drug-likeness (QED) is 0.733. The summed E-state index contributed by atoms with van der Waals surface area (Å²) in [6.45, 7) is 4.07. The third-order valence-corrected chi connectivity index (χ3v) is 4.55. The number of ether oxygens (including phenoxy) is 1. The molecule has 1 N–H and O–H groups in total. The van der Waals surface area contributed by atoms with Crippen LogP contribution in [0, 0.1) is 13.8 Å². The van der Waals surface area contributed by atoms with Crippen molar-refractivity contribution in [1.29, 1.82) is 0 Å². The van der Waals surface area contributed by atoms with E-state index in [0.717, 1.165) is 23.1 Å². The van der Waals surface area contributed by atoms with E-state index in [1.807, 2.05) is 6.92 Å². The number of carbonyl (C=O) groups is 1. The minimum Gasteiger partial charge on any atom is -0.495 e. The minimum atomic E-state index is -0.391. The number of hydrogen-bond acceptors (Lipinski definition) is 7. The number of benzene rings is 1. The zero-order chi connectivity index (χ0) is 18.0. The van der Waals surface area contributed by atoms with Crippen LogP contribution in [0.1, 0.15) is 27.6 Å². The number of nitrogens with one attached hydrogen (secondary N) is 1. The van der Waals surface area contributed by atoms with E-state index >= 15 is 0 Å². The Morgan fingerprint density at radius 3 is 2.84 bits per heavy atom. The number of anilines is 1. The Labute approximate surface area is 153 Å². The molecule has 0 radical (unpaired) electrons. The predicted octanol–water partition coefficient (Wildman–Crippen LogP) is 2.71. The first-order valence-corrected chi connectivity index (χ1v) is 8.43. The summed E-state index contributed by atoms with van der Waals surface area (Å²) in [6, 6.07) is 4.98. The number of rotatable bonds is 5. The average Bonchev–Trinajstić information content (AvgIpc) is 3.15. The fourth-order valence-corrected chi connectivity index (χ4v) is 2.94. The average molecular weight is 379 g/mol. The molecule has 0 saturated carbocycles. The van der Waals surface area contributed by atoms with Gasteiger partial charge in [-0.3, -0.25) is 4.79 Å². The van der Waals surface area contributed by atoms with E-state index in [1.54, 1.807) is 29.8 Å². The summed E-state index contributed by atoms with van der Waals surface area (Å²) >= 11 is 7.13. The molecule has 0 aliphatic heterocycles. The molecule has 0 unspecified atom stereocenters. The summed E-state index contributed by atoms with van der Waals surface area (Å²) in [5, 5.41) is 11.3. The van der Waals surface area contributed by atoms with Gasteiger partial charge in [-0.15, -0.1) is 5.10 Å². The van der Waals surface area contributed by atoms with Gasteiger partial charge in [0.25, 0.3) is 5.91 Å². The molecule has 0 aliphatic rings. The van der Waals surface area contributed by atoms with Crippen LogP contribution in [0.4, 0.5) is 5.69 Å². The zero-order valence-corrected chi connectivity index (χ0v) is 15.4. The molecule has 0 spiro atoms. The van der Waals surface area contributed by atoms with Crippen molar-refractivity contribution in [3.05, 3.63) is 46.0 Å². The van der Waals surface area contributed by atoms with E-state index in [0.29, 0.717) is 28.7 Å². The van der Waals surface area contributed by atoms with Crippen LogP contribution < -0.4 is 10.1 Å². The topological polar surface area (TPSA) is 94.8 Å². The molecule has 25 heavy (non-hydrogen) atoms. The van der Waals surface area contributed by atoms with Crippen LogP contribution in [0.3, 0.4) is 0 Å². The summed E-state index contributed by atoms with van der Waals surface area (Å²) in [6.07, 6.45) is 0. The normalized spacial score (nSPS) is 10.7. The summed E-state index contributed by atoms with van der Waals surface area (Å²) in [4.78, 5) is 12.5. The van der Waals surface area contributed by atoms with Gasteiger partial charge in [0.15, 0.2) is 5.69 Å². The molecule has 0 saturated heterocycles. The van der Waals surface area contributed by atoms with Crippen LogP contribution in [0.15, 0.2) is 18.2 Å². The largest absolute Gasteiger partial charge is 0.495 e. The number of aromatic nitrogens is 5. The molecule has 3 aromatic rings. The fraction of sp³-hybridized carbons (Fsp3) is 0.267. The highest BCUT2D eigenvalue weighted by atomic mass is 35.5. The van der Waals surface area contributed by atoms with Crippen molar-refractivity contribution < 1.29 is 9.53 Å². The van der Waals surface area contributed by atoms with Gasteiger partial charge in [0.2, 0.25) is 0 Å². The van der Waals surface area contributed by atoms with Crippen molar-refractivity contribution in [2.24, 2.45) is 0 Å². The van der Waals surface area contributed by atoms with Gasteiger partial charge in [0, 0.05) is 5.02 Å². The Kier molecular flexibility index (Phi) is 4.95. The van der Waals surface area contributed by atoms with E-state index in [1.165, 1.54) is 7.11 Å². The van der Waals surface area contributed by atoms with Gasteiger partial charge >= 0.3 is 0 Å². The maximum absolute atomic E-state index is 12.5. The van der Waals surface area contributed by atoms with Crippen molar-refractivity contribution in [2.75, 3.05) is 12.4 Å². The highest BCUT2D eigenvalue weighted by molar-refractivity contribution is 6.99. The van der Waals surface area contributed by atoms with Crippen LogP contribution in [0.25, 0.3) is 0 Å². The lowest BCUT2D eigenvalue weighted by Crippen LogP contribution is -2.15. The first kappa shape index (κ1) is 17.3. The number of carbonyl (C=O) groups excluding carboxylic acids is 1. The third kappa shape index (κ3) is 3.62. The highest BCUT2D eigenvalue weighted by Gasteiger charge is 2.19. The molecule has 0 bridgehead atoms. The van der Waals surface area contributed by atoms with E-state index in [9.17, 15) is 4.79 Å². The molecule has 1 aromatic carbocycles.